The summed E-state index contributed by atoms with van der Waals surface area (Å²) in [6.07, 6.45) is 2.55. The van der Waals surface area contributed by atoms with Gasteiger partial charge in [-0.1, -0.05) is 0 Å². The Kier molecular flexibility index (Phi) is 8.13. The third-order valence-electron chi connectivity index (χ3n) is 4.05. The van der Waals surface area contributed by atoms with Crippen molar-refractivity contribution in [1.29, 1.82) is 5.26 Å². The highest BCUT2D eigenvalue weighted by molar-refractivity contribution is 5.95. The average molecular weight is 441 g/mol. The van der Waals surface area contributed by atoms with E-state index < -0.39 is 23.4 Å². The molecule has 0 unspecified atom stereocenters. The first kappa shape index (κ1) is 23.7. The van der Waals surface area contributed by atoms with Crippen molar-refractivity contribution in [2.24, 2.45) is 0 Å². The number of nitrogens with zero attached hydrogens (tertiary/aromatic N) is 2. The van der Waals surface area contributed by atoms with E-state index in [1.165, 1.54) is 33.5 Å². The van der Waals surface area contributed by atoms with Crippen LogP contribution in [0.4, 0.5) is 11.4 Å². The number of carbonyl (C=O) groups is 2. The second-order valence-electron chi connectivity index (χ2n) is 6.05. The van der Waals surface area contributed by atoms with Crippen LogP contribution in [0, 0.1) is 21.4 Å². The van der Waals surface area contributed by atoms with Crippen molar-refractivity contribution in [2.75, 3.05) is 33.3 Å². The third kappa shape index (κ3) is 5.96. The fourth-order valence-corrected chi connectivity index (χ4v) is 2.58. The van der Waals surface area contributed by atoms with E-state index in [-0.39, 0.29) is 16.9 Å². The molecule has 2 aromatic rings. The van der Waals surface area contributed by atoms with Crippen LogP contribution in [0.3, 0.4) is 0 Å². The molecule has 0 fully saturated rings. The van der Waals surface area contributed by atoms with Crippen LogP contribution in [0.1, 0.15) is 11.1 Å². The van der Waals surface area contributed by atoms with E-state index in [1.54, 1.807) is 18.2 Å². The fourth-order valence-electron chi connectivity index (χ4n) is 2.58. The number of benzene rings is 2. The minimum atomic E-state index is -0.793. The number of rotatable bonds is 9. The maximum atomic E-state index is 12.0. The molecule has 0 heterocycles. The van der Waals surface area contributed by atoms with Crippen molar-refractivity contribution in [2.45, 2.75) is 0 Å². The van der Waals surface area contributed by atoms with Crippen LogP contribution in [0.5, 0.6) is 17.2 Å². The first-order valence-electron chi connectivity index (χ1n) is 8.96. The molecule has 0 aliphatic rings. The molecule has 32 heavy (non-hydrogen) atoms. The molecule has 11 nitrogen and oxygen atoms in total. The fraction of sp³-hybridized carbons (Fsp3) is 0.190. The summed E-state index contributed by atoms with van der Waals surface area (Å²) in [5, 5.41) is 22.2. The molecule has 0 bridgehead atoms. The molecule has 0 atom stereocenters. The minimum Gasteiger partial charge on any atom is -0.493 e. The van der Waals surface area contributed by atoms with Crippen molar-refractivity contribution in [3.63, 3.8) is 0 Å². The van der Waals surface area contributed by atoms with Gasteiger partial charge in [-0.2, -0.15) is 5.26 Å². The highest BCUT2D eigenvalue weighted by atomic mass is 16.6. The molecule has 0 aliphatic heterocycles. The number of nitro benzene ring substituents is 1. The molecule has 1 amide bonds. The van der Waals surface area contributed by atoms with Crippen LogP contribution in [-0.4, -0.2) is 44.7 Å². The van der Waals surface area contributed by atoms with E-state index >= 15 is 0 Å². The summed E-state index contributed by atoms with van der Waals surface area (Å²) in [7, 11) is 4.38. The number of non-ortho nitro benzene ring substituents is 1. The molecular weight excluding hydrogens is 422 g/mol. The number of esters is 1. The molecule has 0 aromatic heterocycles. The smallest absolute Gasteiger partial charge is 0.331 e. The van der Waals surface area contributed by atoms with E-state index in [0.717, 1.165) is 18.2 Å². The second-order valence-corrected chi connectivity index (χ2v) is 6.05. The van der Waals surface area contributed by atoms with Crippen LogP contribution in [0.2, 0.25) is 0 Å². The largest absolute Gasteiger partial charge is 0.493 e. The predicted molar refractivity (Wildman–Crippen MR) is 113 cm³/mol. The van der Waals surface area contributed by atoms with E-state index in [9.17, 15) is 19.7 Å². The number of amides is 1. The lowest BCUT2D eigenvalue weighted by molar-refractivity contribution is -0.384. The normalized spacial score (nSPS) is 10.2. The summed E-state index contributed by atoms with van der Waals surface area (Å²) in [6, 6.07) is 8.39. The van der Waals surface area contributed by atoms with Crippen molar-refractivity contribution in [3.8, 4) is 23.3 Å². The van der Waals surface area contributed by atoms with Gasteiger partial charge in [-0.05, 0) is 29.8 Å². The number of carbonyl (C=O) groups excluding carboxylic acids is 2. The molecule has 0 saturated heterocycles. The maximum Gasteiger partial charge on any atom is 0.331 e. The van der Waals surface area contributed by atoms with E-state index in [4.69, 9.17) is 24.2 Å². The van der Waals surface area contributed by atoms with Crippen LogP contribution in [0.25, 0.3) is 6.08 Å². The maximum absolute atomic E-state index is 12.0. The van der Waals surface area contributed by atoms with Gasteiger partial charge in [-0.3, -0.25) is 14.9 Å². The number of nitro groups is 1. The number of hydrogen-bond acceptors (Lipinski definition) is 9. The molecule has 166 valence electrons. The van der Waals surface area contributed by atoms with E-state index in [0.29, 0.717) is 22.8 Å². The molecule has 0 radical (unpaired) electrons. The van der Waals surface area contributed by atoms with Gasteiger partial charge >= 0.3 is 5.97 Å². The quantitative estimate of drug-likeness (QED) is 0.268. The molecule has 2 rings (SSSR count). The van der Waals surface area contributed by atoms with Gasteiger partial charge in [0.05, 0.1) is 37.5 Å². The highest BCUT2D eigenvalue weighted by Gasteiger charge is 2.14. The van der Waals surface area contributed by atoms with Gasteiger partial charge in [-0.15, -0.1) is 0 Å². The Bertz CT molecular complexity index is 1080. The number of hydrogen-bond donors (Lipinski definition) is 1. The first-order chi connectivity index (χ1) is 15.3. The van der Waals surface area contributed by atoms with E-state index in [1.807, 2.05) is 0 Å². The van der Waals surface area contributed by atoms with Gasteiger partial charge in [0.15, 0.2) is 18.1 Å². The molecular formula is C21H19N3O8. The van der Waals surface area contributed by atoms with Crippen LogP contribution < -0.4 is 19.5 Å². The second kappa shape index (κ2) is 11.0. The van der Waals surface area contributed by atoms with Crippen LogP contribution >= 0.6 is 0 Å². The molecule has 0 saturated carbocycles. The van der Waals surface area contributed by atoms with Gasteiger partial charge in [0.1, 0.15) is 6.07 Å². The summed E-state index contributed by atoms with van der Waals surface area (Å²) in [4.78, 5) is 34.1. The standard InChI is InChI=1S/C21H19N3O8/c1-29-17-8-13(9-18(30-2)21(17)31-3)4-7-20(26)32-12-19(25)23-16-6-5-15(24(27)28)10-14(16)11-22/h4-10H,12H2,1-3H3,(H,23,25)/b7-4+. The Balaban J connectivity index is 2.00. The monoisotopic (exact) mass is 441 g/mol. The Morgan fingerprint density at radius 3 is 2.31 bits per heavy atom. The Labute approximate surface area is 182 Å². The average Bonchev–Trinajstić information content (AvgIpc) is 2.80. The zero-order chi connectivity index (χ0) is 23.7. The van der Waals surface area contributed by atoms with Gasteiger partial charge in [0, 0.05) is 18.2 Å². The van der Waals surface area contributed by atoms with E-state index in [2.05, 4.69) is 5.32 Å². The first-order valence-corrected chi connectivity index (χ1v) is 8.96. The number of nitriles is 1. The Morgan fingerprint density at radius 2 is 1.78 bits per heavy atom. The zero-order valence-electron chi connectivity index (χ0n) is 17.4. The summed E-state index contributed by atoms with van der Waals surface area (Å²) in [5.41, 5.74) is 0.238. The van der Waals surface area contributed by atoms with Crippen LogP contribution in [-0.2, 0) is 14.3 Å². The van der Waals surface area contributed by atoms with Crippen molar-refractivity contribution in [1.82, 2.24) is 0 Å². The van der Waals surface area contributed by atoms with Gasteiger partial charge in [0.2, 0.25) is 5.75 Å². The SMILES string of the molecule is COc1cc(/C=C/C(=O)OCC(=O)Nc2ccc([N+](=O)[O-])cc2C#N)cc(OC)c1OC. The summed E-state index contributed by atoms with van der Waals surface area (Å²) in [5.74, 6) is -0.316. The Hall–Kier alpha value is -4.59. The van der Waals surface area contributed by atoms with Crippen molar-refractivity contribution >= 4 is 29.3 Å². The van der Waals surface area contributed by atoms with Gasteiger partial charge in [0.25, 0.3) is 11.6 Å². The topological polar surface area (TPSA) is 150 Å². The summed E-state index contributed by atoms with van der Waals surface area (Å²) < 4.78 is 20.6. The van der Waals surface area contributed by atoms with Crippen LogP contribution in [0.15, 0.2) is 36.4 Å². The Morgan fingerprint density at radius 1 is 1.12 bits per heavy atom. The predicted octanol–water partition coefficient (Wildman–Crippen LogP) is 2.69. The highest BCUT2D eigenvalue weighted by Crippen LogP contribution is 2.38. The van der Waals surface area contributed by atoms with Crippen molar-refractivity contribution < 1.29 is 33.5 Å². The summed E-state index contributed by atoms with van der Waals surface area (Å²) in [6.45, 7) is -0.625. The zero-order valence-corrected chi connectivity index (χ0v) is 17.4. The summed E-state index contributed by atoms with van der Waals surface area (Å²) >= 11 is 0. The minimum absolute atomic E-state index is 0.0621. The molecule has 1 N–H and O–H groups in total. The van der Waals surface area contributed by atoms with Gasteiger partial charge in [-0.25, -0.2) is 4.79 Å². The third-order valence-corrected chi connectivity index (χ3v) is 4.05. The molecule has 11 heteroatoms. The lowest BCUT2D eigenvalue weighted by atomic mass is 10.1. The number of anilines is 1. The lowest BCUT2D eigenvalue weighted by Crippen LogP contribution is -2.20. The van der Waals surface area contributed by atoms with Gasteiger partial charge < -0.3 is 24.3 Å². The molecule has 2 aromatic carbocycles. The number of ether oxygens (including phenoxy) is 4. The molecule has 0 aliphatic carbocycles. The lowest BCUT2D eigenvalue weighted by Gasteiger charge is -2.12. The number of nitrogens with one attached hydrogen (secondary N) is 1. The van der Waals surface area contributed by atoms with Crippen molar-refractivity contribution in [3.05, 3.63) is 57.6 Å². The molecule has 0 spiro atoms. The number of methoxy groups -OCH3 is 3.